The Morgan fingerprint density at radius 2 is 2.08 bits per heavy atom. The minimum Gasteiger partial charge on any atom is -0.477 e. The lowest BCUT2D eigenvalue weighted by Crippen LogP contribution is -2.35. The van der Waals surface area contributed by atoms with E-state index < -0.39 is 16.0 Å². The molecule has 1 amide bonds. The molecule has 0 atom stereocenters. The van der Waals surface area contributed by atoms with Crippen LogP contribution in [0.4, 0.5) is 11.4 Å². The largest absolute Gasteiger partial charge is 0.477 e. The fraction of sp³-hybridized carbons (Fsp3) is 0.250. The monoisotopic (exact) mass is 380 g/mol. The van der Waals surface area contributed by atoms with Crippen LogP contribution in [0.25, 0.3) is 0 Å². The van der Waals surface area contributed by atoms with Gasteiger partial charge in [0.15, 0.2) is 0 Å². The Balaban J connectivity index is 2.05. The zero-order valence-corrected chi connectivity index (χ0v) is 15.0. The molecule has 2 N–H and O–H groups in total. The molecule has 1 aromatic heterocycles. The van der Waals surface area contributed by atoms with Gasteiger partial charge in [0, 0.05) is 30.1 Å². The van der Waals surface area contributed by atoms with Gasteiger partial charge in [-0.1, -0.05) is 6.07 Å². The van der Waals surface area contributed by atoms with E-state index in [2.05, 4.69) is 5.32 Å². The van der Waals surface area contributed by atoms with Crippen LogP contribution in [-0.2, 0) is 21.2 Å². The lowest BCUT2D eigenvalue weighted by atomic mass is 10.0. The number of anilines is 2. The first-order valence-electron chi connectivity index (χ1n) is 7.55. The van der Waals surface area contributed by atoms with Crippen molar-refractivity contribution < 1.29 is 23.1 Å². The number of benzene rings is 1. The molecule has 9 heteroatoms. The first kappa shape index (κ1) is 17.4. The normalized spacial score (nSPS) is 14.0. The standard InChI is InChI=1S/C16H16N2O5S2/c1-10(19)17-13-5-2-6-14-12(13)4-3-7-18(14)25(22,23)11-8-15(16(20)21)24-9-11/h2,5-6,8-9H,3-4,7H2,1H3,(H,17,19)(H,20,21). The van der Waals surface area contributed by atoms with Crippen molar-refractivity contribution in [3.05, 3.63) is 40.1 Å². The lowest BCUT2D eigenvalue weighted by Gasteiger charge is -2.31. The second kappa shape index (κ2) is 6.49. The fourth-order valence-corrected chi connectivity index (χ4v) is 5.47. The molecule has 0 fully saturated rings. The number of carboxylic acid groups (broad SMARTS) is 1. The number of nitrogens with one attached hydrogen (secondary N) is 1. The summed E-state index contributed by atoms with van der Waals surface area (Å²) in [5, 5.41) is 13.1. The number of thiophene rings is 1. The highest BCUT2D eigenvalue weighted by Gasteiger charge is 2.31. The number of amides is 1. The Bertz CT molecular complexity index is 949. The first-order valence-corrected chi connectivity index (χ1v) is 9.86. The van der Waals surface area contributed by atoms with Crippen LogP contribution in [0.3, 0.4) is 0 Å². The smallest absolute Gasteiger partial charge is 0.345 e. The summed E-state index contributed by atoms with van der Waals surface area (Å²) in [5.74, 6) is -1.38. The second-order valence-corrected chi connectivity index (χ2v) is 8.39. The zero-order valence-electron chi connectivity index (χ0n) is 13.4. The van der Waals surface area contributed by atoms with Crippen molar-refractivity contribution in [2.24, 2.45) is 0 Å². The second-order valence-electron chi connectivity index (χ2n) is 5.62. The van der Waals surface area contributed by atoms with Crippen molar-refractivity contribution in [2.45, 2.75) is 24.7 Å². The molecule has 0 spiro atoms. The highest BCUT2D eigenvalue weighted by atomic mass is 32.2. The summed E-state index contributed by atoms with van der Waals surface area (Å²) in [6, 6.07) is 6.30. The molecule has 1 aliphatic rings. The van der Waals surface area contributed by atoms with Crippen LogP contribution in [0.5, 0.6) is 0 Å². The van der Waals surface area contributed by atoms with Gasteiger partial charge in [-0.15, -0.1) is 11.3 Å². The highest BCUT2D eigenvalue weighted by Crippen LogP contribution is 2.36. The molecule has 2 aromatic rings. The molecule has 25 heavy (non-hydrogen) atoms. The molecule has 0 radical (unpaired) electrons. The van der Waals surface area contributed by atoms with Crippen molar-refractivity contribution >= 4 is 44.6 Å². The van der Waals surface area contributed by atoms with Crippen LogP contribution in [0, 0.1) is 0 Å². The number of sulfonamides is 1. The number of fused-ring (bicyclic) bond motifs is 1. The van der Waals surface area contributed by atoms with E-state index in [1.807, 2.05) is 0 Å². The van der Waals surface area contributed by atoms with Crippen molar-refractivity contribution in [1.82, 2.24) is 0 Å². The quantitative estimate of drug-likeness (QED) is 0.848. The Labute approximate surface area is 149 Å². The molecule has 132 valence electrons. The summed E-state index contributed by atoms with van der Waals surface area (Å²) in [4.78, 5) is 22.3. The Morgan fingerprint density at radius 1 is 1.32 bits per heavy atom. The third-order valence-corrected chi connectivity index (χ3v) is 6.75. The van der Waals surface area contributed by atoms with Gasteiger partial charge in [0.1, 0.15) is 4.88 Å². The predicted octanol–water partition coefficient (Wildman–Crippen LogP) is 2.55. The number of nitrogens with zero attached hydrogens (tertiary/aromatic N) is 1. The van der Waals surface area contributed by atoms with E-state index in [1.165, 1.54) is 22.7 Å². The third kappa shape index (κ3) is 3.24. The Kier molecular flexibility index (Phi) is 4.53. The maximum absolute atomic E-state index is 13.0. The number of carbonyl (C=O) groups excluding carboxylic acids is 1. The summed E-state index contributed by atoms with van der Waals surface area (Å²) in [5.41, 5.74) is 1.88. The van der Waals surface area contributed by atoms with Crippen LogP contribution < -0.4 is 9.62 Å². The molecule has 3 rings (SSSR count). The van der Waals surface area contributed by atoms with Gasteiger partial charge in [-0.3, -0.25) is 9.10 Å². The number of hydrogen-bond donors (Lipinski definition) is 2. The van der Waals surface area contributed by atoms with Gasteiger partial charge >= 0.3 is 5.97 Å². The van der Waals surface area contributed by atoms with Crippen LogP contribution >= 0.6 is 11.3 Å². The minimum atomic E-state index is -3.87. The van der Waals surface area contributed by atoms with Crippen LogP contribution in [0.2, 0.25) is 0 Å². The van der Waals surface area contributed by atoms with Gasteiger partial charge in [-0.2, -0.15) is 0 Å². The average molecular weight is 380 g/mol. The van der Waals surface area contributed by atoms with E-state index in [-0.39, 0.29) is 15.7 Å². The van der Waals surface area contributed by atoms with E-state index >= 15 is 0 Å². The minimum absolute atomic E-state index is 0.0252. The van der Waals surface area contributed by atoms with E-state index in [4.69, 9.17) is 5.11 Å². The number of carboxylic acids is 1. The van der Waals surface area contributed by atoms with Gasteiger partial charge in [0.2, 0.25) is 5.91 Å². The molecular formula is C16H16N2O5S2. The zero-order chi connectivity index (χ0) is 18.2. The average Bonchev–Trinajstić information content (AvgIpc) is 3.05. The van der Waals surface area contributed by atoms with Crippen molar-refractivity contribution in [2.75, 3.05) is 16.2 Å². The van der Waals surface area contributed by atoms with E-state index in [1.54, 1.807) is 18.2 Å². The highest BCUT2D eigenvalue weighted by molar-refractivity contribution is 7.93. The predicted molar refractivity (Wildman–Crippen MR) is 94.9 cm³/mol. The number of carbonyl (C=O) groups is 2. The van der Waals surface area contributed by atoms with Gasteiger partial charge in [0.05, 0.1) is 10.6 Å². The van der Waals surface area contributed by atoms with Crippen LogP contribution in [0.1, 0.15) is 28.6 Å². The fourth-order valence-electron chi connectivity index (χ4n) is 2.84. The molecule has 2 heterocycles. The molecule has 0 saturated carbocycles. The molecule has 0 saturated heterocycles. The summed E-state index contributed by atoms with van der Waals surface area (Å²) in [6.07, 6.45) is 1.26. The van der Waals surface area contributed by atoms with Gasteiger partial charge in [0.25, 0.3) is 10.0 Å². The van der Waals surface area contributed by atoms with Crippen molar-refractivity contribution in [3.8, 4) is 0 Å². The summed E-state index contributed by atoms with van der Waals surface area (Å²) in [7, 11) is -3.87. The van der Waals surface area contributed by atoms with E-state index in [0.29, 0.717) is 30.8 Å². The summed E-state index contributed by atoms with van der Waals surface area (Å²) >= 11 is 0.879. The third-order valence-electron chi connectivity index (χ3n) is 3.89. The molecule has 0 unspecified atom stereocenters. The van der Waals surface area contributed by atoms with Crippen molar-refractivity contribution in [1.29, 1.82) is 0 Å². The molecule has 1 aliphatic heterocycles. The van der Waals surface area contributed by atoms with E-state index in [9.17, 15) is 18.0 Å². The van der Waals surface area contributed by atoms with Crippen LogP contribution in [0.15, 0.2) is 34.5 Å². The number of rotatable bonds is 4. The molecular weight excluding hydrogens is 364 g/mol. The Hall–Kier alpha value is -2.39. The molecule has 0 bridgehead atoms. The maximum Gasteiger partial charge on any atom is 0.345 e. The van der Waals surface area contributed by atoms with E-state index in [0.717, 1.165) is 16.9 Å². The van der Waals surface area contributed by atoms with Crippen LogP contribution in [-0.4, -0.2) is 31.9 Å². The van der Waals surface area contributed by atoms with Gasteiger partial charge in [-0.05, 0) is 31.0 Å². The lowest BCUT2D eigenvalue weighted by molar-refractivity contribution is -0.114. The van der Waals surface area contributed by atoms with Gasteiger partial charge < -0.3 is 10.4 Å². The SMILES string of the molecule is CC(=O)Nc1cccc2c1CCCN2S(=O)(=O)c1csc(C(=O)O)c1. The van der Waals surface area contributed by atoms with Gasteiger partial charge in [-0.25, -0.2) is 13.2 Å². The molecule has 7 nitrogen and oxygen atoms in total. The molecule has 1 aromatic carbocycles. The maximum atomic E-state index is 13.0. The first-order chi connectivity index (χ1) is 11.8. The molecule has 0 aliphatic carbocycles. The summed E-state index contributed by atoms with van der Waals surface area (Å²) < 4.78 is 27.2. The number of aromatic carboxylic acids is 1. The Morgan fingerprint density at radius 3 is 2.72 bits per heavy atom. The van der Waals surface area contributed by atoms with Crippen molar-refractivity contribution in [3.63, 3.8) is 0 Å². The number of hydrogen-bond acceptors (Lipinski definition) is 5. The summed E-state index contributed by atoms with van der Waals surface area (Å²) in [6.45, 7) is 1.70. The topological polar surface area (TPSA) is 104 Å².